The van der Waals surface area contributed by atoms with E-state index in [2.05, 4.69) is 40.4 Å². The van der Waals surface area contributed by atoms with Gasteiger partial charge in [0.05, 0.1) is 11.1 Å². The van der Waals surface area contributed by atoms with E-state index in [1.807, 2.05) is 6.07 Å². The van der Waals surface area contributed by atoms with Crippen molar-refractivity contribution in [1.82, 2.24) is 25.1 Å². The highest BCUT2D eigenvalue weighted by Gasteiger charge is 2.15. The van der Waals surface area contributed by atoms with Crippen LogP contribution in [0.5, 0.6) is 0 Å². The molecule has 0 saturated heterocycles. The molecule has 0 amide bonds. The summed E-state index contributed by atoms with van der Waals surface area (Å²) in [4.78, 5) is 6.69. The van der Waals surface area contributed by atoms with E-state index in [9.17, 15) is 0 Å². The molecule has 6 nitrogen and oxygen atoms in total. The molecule has 0 aliphatic carbocycles. The maximum absolute atomic E-state index is 5.30. The lowest BCUT2D eigenvalue weighted by atomic mass is 10.1. The highest BCUT2D eigenvalue weighted by atomic mass is 32.1. The maximum atomic E-state index is 5.30. The van der Waals surface area contributed by atoms with Crippen LogP contribution in [0.15, 0.2) is 22.9 Å². The van der Waals surface area contributed by atoms with Gasteiger partial charge in [0.25, 0.3) is 5.89 Å². The Morgan fingerprint density at radius 3 is 2.90 bits per heavy atom. The van der Waals surface area contributed by atoms with E-state index >= 15 is 0 Å². The minimum atomic E-state index is 0.465. The molecular weight excluding hydrogens is 274 g/mol. The van der Waals surface area contributed by atoms with Crippen molar-refractivity contribution in [2.75, 3.05) is 0 Å². The van der Waals surface area contributed by atoms with Crippen molar-refractivity contribution >= 4 is 11.3 Å². The van der Waals surface area contributed by atoms with E-state index in [1.165, 1.54) is 4.88 Å². The minimum Gasteiger partial charge on any atom is -0.333 e. The molecule has 0 bridgehead atoms. The molecule has 3 aromatic rings. The number of rotatable bonds is 4. The Morgan fingerprint density at radius 1 is 1.35 bits per heavy atom. The lowest BCUT2D eigenvalue weighted by Crippen LogP contribution is -1.89. The number of hydrogen-bond acceptors (Lipinski definition) is 6. The van der Waals surface area contributed by atoms with Crippen molar-refractivity contribution in [3.63, 3.8) is 0 Å². The number of aryl methyl sites for hydroxylation is 1. The van der Waals surface area contributed by atoms with Crippen LogP contribution in [0.2, 0.25) is 0 Å². The van der Waals surface area contributed by atoms with E-state index in [4.69, 9.17) is 4.52 Å². The third-order valence-corrected chi connectivity index (χ3v) is 3.84. The van der Waals surface area contributed by atoms with Crippen LogP contribution in [-0.2, 0) is 13.5 Å². The van der Waals surface area contributed by atoms with Crippen molar-refractivity contribution in [3.05, 3.63) is 23.2 Å². The minimum absolute atomic E-state index is 0.465. The van der Waals surface area contributed by atoms with Crippen LogP contribution in [-0.4, -0.2) is 25.1 Å². The van der Waals surface area contributed by atoms with E-state index in [-0.39, 0.29) is 0 Å². The van der Waals surface area contributed by atoms with E-state index in [1.54, 1.807) is 29.3 Å². The van der Waals surface area contributed by atoms with Crippen molar-refractivity contribution < 1.29 is 4.52 Å². The van der Waals surface area contributed by atoms with Gasteiger partial charge < -0.3 is 4.52 Å². The molecule has 0 fully saturated rings. The average Bonchev–Trinajstić information content (AvgIpc) is 3.06. The fourth-order valence-electron chi connectivity index (χ4n) is 1.88. The largest absolute Gasteiger partial charge is 0.333 e. The van der Waals surface area contributed by atoms with Gasteiger partial charge in [0.2, 0.25) is 5.82 Å². The summed E-state index contributed by atoms with van der Waals surface area (Å²) in [6, 6.07) is 4.14. The van der Waals surface area contributed by atoms with Crippen molar-refractivity contribution in [3.8, 4) is 22.3 Å². The molecule has 0 radical (unpaired) electrons. The van der Waals surface area contributed by atoms with Gasteiger partial charge >= 0.3 is 0 Å². The van der Waals surface area contributed by atoms with Crippen molar-refractivity contribution in [1.29, 1.82) is 0 Å². The zero-order valence-corrected chi connectivity index (χ0v) is 12.4. The molecule has 0 aliphatic heterocycles. The molecule has 3 aromatic heterocycles. The predicted molar refractivity (Wildman–Crippen MR) is 76.2 cm³/mol. The zero-order chi connectivity index (χ0) is 14.1. The summed E-state index contributed by atoms with van der Waals surface area (Å²) in [6.07, 6.45) is 2.82. The van der Waals surface area contributed by atoms with Crippen LogP contribution in [0.4, 0.5) is 0 Å². The zero-order valence-electron chi connectivity index (χ0n) is 11.6. The molecule has 20 heavy (non-hydrogen) atoms. The lowest BCUT2D eigenvalue weighted by molar-refractivity contribution is 0.433. The van der Waals surface area contributed by atoms with Gasteiger partial charge in [-0.05, 0) is 24.5 Å². The summed E-state index contributed by atoms with van der Waals surface area (Å²) in [7, 11) is 1.80. The third kappa shape index (κ3) is 2.62. The van der Waals surface area contributed by atoms with Gasteiger partial charge in [-0.2, -0.15) is 4.98 Å². The first-order chi connectivity index (χ1) is 9.61. The Hall–Kier alpha value is -2.02. The van der Waals surface area contributed by atoms with Crippen LogP contribution in [0, 0.1) is 5.92 Å². The summed E-state index contributed by atoms with van der Waals surface area (Å²) in [5.74, 6) is 1.64. The number of hydrogen-bond donors (Lipinski definition) is 0. The van der Waals surface area contributed by atoms with Gasteiger partial charge in [-0.3, -0.25) is 4.68 Å². The Balaban J connectivity index is 1.84. The Kier molecular flexibility index (Phi) is 3.35. The molecule has 0 aromatic carbocycles. The van der Waals surface area contributed by atoms with E-state index in [0.717, 1.165) is 11.3 Å². The third-order valence-electron chi connectivity index (χ3n) is 2.74. The number of thiophene rings is 1. The maximum Gasteiger partial charge on any atom is 0.268 e. The molecule has 0 spiro atoms. The second-order valence-corrected chi connectivity index (χ2v) is 6.23. The van der Waals surface area contributed by atoms with E-state index in [0.29, 0.717) is 23.3 Å². The summed E-state index contributed by atoms with van der Waals surface area (Å²) in [5, 5.41) is 11.8. The van der Waals surface area contributed by atoms with E-state index < -0.39 is 0 Å². The smallest absolute Gasteiger partial charge is 0.268 e. The van der Waals surface area contributed by atoms with Gasteiger partial charge in [0, 0.05) is 11.9 Å². The van der Waals surface area contributed by atoms with Gasteiger partial charge in [-0.15, -0.1) is 16.4 Å². The van der Waals surface area contributed by atoms with Crippen LogP contribution in [0.3, 0.4) is 0 Å². The Morgan fingerprint density at radius 2 is 2.20 bits per heavy atom. The normalized spacial score (nSPS) is 11.4. The molecule has 0 saturated carbocycles. The first kappa shape index (κ1) is 13.0. The van der Waals surface area contributed by atoms with Crippen LogP contribution in [0.25, 0.3) is 22.3 Å². The topological polar surface area (TPSA) is 69.6 Å². The lowest BCUT2D eigenvalue weighted by Gasteiger charge is -1.99. The van der Waals surface area contributed by atoms with Gasteiger partial charge in [0.15, 0.2) is 5.69 Å². The Bertz CT molecular complexity index is 712. The summed E-state index contributed by atoms with van der Waals surface area (Å²) < 4.78 is 6.91. The molecule has 104 valence electrons. The molecule has 0 unspecified atom stereocenters. The second kappa shape index (κ2) is 5.16. The van der Waals surface area contributed by atoms with Crippen LogP contribution < -0.4 is 0 Å². The summed E-state index contributed by atoms with van der Waals surface area (Å²) in [5.41, 5.74) is 0.612. The molecule has 7 heteroatoms. The molecule has 0 atom stereocenters. The monoisotopic (exact) mass is 289 g/mol. The highest BCUT2D eigenvalue weighted by Crippen LogP contribution is 2.29. The SMILES string of the molecule is CC(C)Cc1ccc(-c2nc(-c3cn(C)nn3)no2)s1. The van der Waals surface area contributed by atoms with Crippen molar-refractivity contribution in [2.24, 2.45) is 13.0 Å². The van der Waals surface area contributed by atoms with Crippen LogP contribution in [0.1, 0.15) is 18.7 Å². The molecule has 3 heterocycles. The summed E-state index contributed by atoms with van der Waals surface area (Å²) in [6.45, 7) is 4.41. The first-order valence-corrected chi connectivity index (χ1v) is 7.23. The molecule has 0 N–H and O–H groups in total. The fourth-order valence-corrected chi connectivity index (χ4v) is 3.02. The van der Waals surface area contributed by atoms with Gasteiger partial charge in [0.1, 0.15) is 0 Å². The Labute approximate surface area is 120 Å². The molecule has 3 rings (SSSR count). The average molecular weight is 289 g/mol. The highest BCUT2D eigenvalue weighted by molar-refractivity contribution is 7.15. The quantitative estimate of drug-likeness (QED) is 0.738. The number of aromatic nitrogens is 5. The van der Waals surface area contributed by atoms with Crippen molar-refractivity contribution in [2.45, 2.75) is 20.3 Å². The predicted octanol–water partition coefficient (Wildman–Crippen LogP) is 2.79. The van der Waals surface area contributed by atoms with Gasteiger partial charge in [-0.1, -0.05) is 24.2 Å². The molecule has 0 aliphatic rings. The standard InChI is InChI=1S/C13H15N5OS/c1-8(2)6-9-4-5-11(20-9)13-14-12(16-19-13)10-7-18(3)17-15-10/h4-5,7-8H,6H2,1-3H3. The second-order valence-electron chi connectivity index (χ2n) is 5.06. The summed E-state index contributed by atoms with van der Waals surface area (Å²) >= 11 is 1.69. The van der Waals surface area contributed by atoms with Crippen LogP contribution >= 0.6 is 11.3 Å². The molecular formula is C13H15N5OS. The number of nitrogens with zero attached hydrogens (tertiary/aromatic N) is 5. The van der Waals surface area contributed by atoms with Gasteiger partial charge in [-0.25, -0.2) is 0 Å². The first-order valence-electron chi connectivity index (χ1n) is 6.41. The fraction of sp³-hybridized carbons (Fsp3) is 0.385.